The maximum atomic E-state index is 11.3. The van der Waals surface area contributed by atoms with Gasteiger partial charge in [-0.2, -0.15) is 0 Å². The maximum Gasteiger partial charge on any atom is 0.347 e. The largest absolute Gasteiger partial charge is 0.478 e. The minimum Gasteiger partial charge on any atom is -0.478 e. The lowest BCUT2D eigenvalue weighted by molar-refractivity contribution is -0.141. The molecule has 0 saturated heterocycles. The molecule has 0 bridgehead atoms. The van der Waals surface area contributed by atoms with Crippen molar-refractivity contribution in [1.29, 1.82) is 0 Å². The molecule has 2 atom stereocenters. The van der Waals surface area contributed by atoms with Gasteiger partial charge in [-0.25, -0.2) is 4.79 Å². The Kier molecular flexibility index (Phi) is 4.47. The molecule has 0 aliphatic rings. The molecule has 1 amide bonds. The van der Waals surface area contributed by atoms with Crippen LogP contribution in [0.5, 0.6) is 0 Å². The molecule has 17 heavy (non-hydrogen) atoms. The average molecular weight is 237 g/mol. The molecule has 0 saturated carbocycles. The number of anilines is 1. The Bertz CT molecular complexity index is 392. The molecule has 0 aromatic heterocycles. The van der Waals surface area contributed by atoms with Crippen LogP contribution in [-0.4, -0.2) is 29.2 Å². The number of amides is 1. The number of aliphatic carboxylic acids is 1. The zero-order chi connectivity index (χ0) is 12.8. The van der Waals surface area contributed by atoms with Gasteiger partial charge in [-0.15, -0.1) is 0 Å². The highest BCUT2D eigenvalue weighted by atomic mass is 16.4. The Labute approximate surface area is 98.8 Å². The number of hydrogen-bond donors (Lipinski definition) is 4. The summed E-state index contributed by atoms with van der Waals surface area (Å²) in [5.74, 6) is -1.70. The van der Waals surface area contributed by atoms with Gasteiger partial charge in [-0.05, 0) is 19.1 Å². The molecule has 6 heteroatoms. The number of carboxylic acid groups (broad SMARTS) is 1. The molecule has 6 nitrogen and oxygen atoms in total. The molecule has 1 rings (SSSR count). The van der Waals surface area contributed by atoms with Gasteiger partial charge in [0.2, 0.25) is 5.91 Å². The van der Waals surface area contributed by atoms with Crippen LogP contribution in [0.3, 0.4) is 0 Å². The van der Waals surface area contributed by atoms with Crippen molar-refractivity contribution < 1.29 is 14.7 Å². The number of hydrogen-bond acceptors (Lipinski definition) is 4. The fraction of sp³-hybridized carbons (Fsp3) is 0.273. The van der Waals surface area contributed by atoms with Crippen LogP contribution in [0.1, 0.15) is 6.92 Å². The van der Waals surface area contributed by atoms with Gasteiger partial charge >= 0.3 is 5.97 Å². The van der Waals surface area contributed by atoms with Crippen LogP contribution >= 0.6 is 0 Å². The van der Waals surface area contributed by atoms with E-state index in [1.807, 2.05) is 6.07 Å². The second kappa shape index (κ2) is 5.86. The van der Waals surface area contributed by atoms with Gasteiger partial charge in [0.15, 0.2) is 6.17 Å². The highest BCUT2D eigenvalue weighted by Crippen LogP contribution is 2.06. The second-order valence-corrected chi connectivity index (χ2v) is 3.58. The number of rotatable bonds is 5. The predicted octanol–water partition coefficient (Wildman–Crippen LogP) is -0.0274. The van der Waals surface area contributed by atoms with Crippen molar-refractivity contribution in [2.45, 2.75) is 19.1 Å². The van der Waals surface area contributed by atoms with Gasteiger partial charge in [0.1, 0.15) is 0 Å². The summed E-state index contributed by atoms with van der Waals surface area (Å²) in [4.78, 5) is 22.3. The van der Waals surface area contributed by atoms with Crippen molar-refractivity contribution in [2.24, 2.45) is 5.73 Å². The SMILES string of the molecule is C[C@H](N)C(=O)NC(Nc1ccccc1)C(=O)O. The van der Waals surface area contributed by atoms with Crippen LogP contribution in [0.4, 0.5) is 5.69 Å². The third kappa shape index (κ3) is 4.12. The summed E-state index contributed by atoms with van der Waals surface area (Å²) in [6, 6.07) is 7.97. The van der Waals surface area contributed by atoms with Crippen molar-refractivity contribution in [1.82, 2.24) is 5.32 Å². The standard InChI is InChI=1S/C11H15N3O3/c1-7(12)10(15)14-9(11(16)17)13-8-5-3-2-4-6-8/h2-7,9,13H,12H2,1H3,(H,14,15)(H,16,17)/t7-,9?/m0/s1. The van der Waals surface area contributed by atoms with Crippen LogP contribution < -0.4 is 16.4 Å². The van der Waals surface area contributed by atoms with Crippen molar-refractivity contribution in [3.63, 3.8) is 0 Å². The zero-order valence-corrected chi connectivity index (χ0v) is 9.38. The lowest BCUT2D eigenvalue weighted by Gasteiger charge is -2.18. The third-order valence-corrected chi connectivity index (χ3v) is 2.03. The lowest BCUT2D eigenvalue weighted by Crippen LogP contribution is -2.51. The molecular formula is C11H15N3O3. The van der Waals surface area contributed by atoms with Crippen molar-refractivity contribution >= 4 is 17.6 Å². The molecule has 92 valence electrons. The first-order valence-electron chi connectivity index (χ1n) is 5.11. The maximum absolute atomic E-state index is 11.3. The molecule has 1 aromatic carbocycles. The Balaban J connectivity index is 2.68. The van der Waals surface area contributed by atoms with Crippen molar-refractivity contribution in [3.05, 3.63) is 30.3 Å². The summed E-state index contributed by atoms with van der Waals surface area (Å²) in [5, 5.41) is 13.9. The summed E-state index contributed by atoms with van der Waals surface area (Å²) in [5.41, 5.74) is 5.95. The molecule has 0 aliphatic heterocycles. The fourth-order valence-corrected chi connectivity index (χ4v) is 1.13. The first-order valence-corrected chi connectivity index (χ1v) is 5.11. The van der Waals surface area contributed by atoms with Crippen LogP contribution in [0.2, 0.25) is 0 Å². The summed E-state index contributed by atoms with van der Waals surface area (Å²) < 4.78 is 0. The Morgan fingerprint density at radius 3 is 2.35 bits per heavy atom. The molecule has 0 fully saturated rings. The van der Waals surface area contributed by atoms with E-state index >= 15 is 0 Å². The molecule has 5 N–H and O–H groups in total. The van der Waals surface area contributed by atoms with E-state index < -0.39 is 24.1 Å². The minimum atomic E-state index is -1.20. The van der Waals surface area contributed by atoms with E-state index in [2.05, 4.69) is 10.6 Å². The van der Waals surface area contributed by atoms with Crippen LogP contribution in [0.25, 0.3) is 0 Å². The number of benzene rings is 1. The van der Waals surface area contributed by atoms with Crippen molar-refractivity contribution in [3.8, 4) is 0 Å². The number of nitrogens with two attached hydrogens (primary N) is 1. The first-order chi connectivity index (χ1) is 8.00. The third-order valence-electron chi connectivity index (χ3n) is 2.03. The van der Waals surface area contributed by atoms with Gasteiger partial charge in [0, 0.05) is 5.69 Å². The van der Waals surface area contributed by atoms with E-state index in [4.69, 9.17) is 10.8 Å². The predicted molar refractivity (Wildman–Crippen MR) is 63.3 cm³/mol. The normalized spacial score (nSPS) is 13.5. The Hall–Kier alpha value is -2.08. The van der Waals surface area contributed by atoms with Gasteiger partial charge in [0.05, 0.1) is 6.04 Å². The van der Waals surface area contributed by atoms with Gasteiger partial charge in [-0.1, -0.05) is 18.2 Å². The summed E-state index contributed by atoms with van der Waals surface area (Å²) in [6.45, 7) is 1.48. The van der Waals surface area contributed by atoms with E-state index in [1.54, 1.807) is 24.3 Å². The topological polar surface area (TPSA) is 104 Å². The molecular weight excluding hydrogens is 222 g/mol. The number of para-hydroxylation sites is 1. The summed E-state index contributed by atoms with van der Waals surface area (Å²) in [6.07, 6.45) is -1.20. The fourth-order valence-electron chi connectivity index (χ4n) is 1.13. The van der Waals surface area contributed by atoms with Crippen LogP contribution in [0.15, 0.2) is 30.3 Å². The second-order valence-electron chi connectivity index (χ2n) is 3.58. The summed E-state index contributed by atoms with van der Waals surface area (Å²) >= 11 is 0. The van der Waals surface area contributed by atoms with Gasteiger partial charge in [0.25, 0.3) is 0 Å². The first kappa shape index (κ1) is 13.0. The monoisotopic (exact) mass is 237 g/mol. The summed E-state index contributed by atoms with van der Waals surface area (Å²) in [7, 11) is 0. The van der Waals surface area contributed by atoms with E-state index in [0.717, 1.165) is 0 Å². The highest BCUT2D eigenvalue weighted by molar-refractivity contribution is 5.87. The van der Waals surface area contributed by atoms with Crippen LogP contribution in [0, 0.1) is 0 Å². The van der Waals surface area contributed by atoms with Crippen LogP contribution in [-0.2, 0) is 9.59 Å². The van der Waals surface area contributed by atoms with Gasteiger partial charge in [-0.3, -0.25) is 4.79 Å². The zero-order valence-electron chi connectivity index (χ0n) is 9.38. The molecule has 0 aliphatic carbocycles. The molecule has 0 heterocycles. The smallest absolute Gasteiger partial charge is 0.347 e. The average Bonchev–Trinajstić information content (AvgIpc) is 2.29. The molecule has 0 spiro atoms. The quantitative estimate of drug-likeness (QED) is 0.538. The van der Waals surface area contributed by atoms with E-state index in [-0.39, 0.29) is 0 Å². The van der Waals surface area contributed by atoms with E-state index in [9.17, 15) is 9.59 Å². The lowest BCUT2D eigenvalue weighted by atomic mass is 10.3. The Morgan fingerprint density at radius 2 is 1.88 bits per heavy atom. The Morgan fingerprint density at radius 1 is 1.29 bits per heavy atom. The van der Waals surface area contributed by atoms with E-state index in [1.165, 1.54) is 6.92 Å². The van der Waals surface area contributed by atoms with Crippen molar-refractivity contribution in [2.75, 3.05) is 5.32 Å². The highest BCUT2D eigenvalue weighted by Gasteiger charge is 2.20. The van der Waals surface area contributed by atoms with E-state index in [0.29, 0.717) is 5.69 Å². The molecule has 1 aromatic rings. The molecule has 0 radical (unpaired) electrons. The minimum absolute atomic E-state index is 0.527. The number of carbonyl (C=O) groups excluding carboxylic acids is 1. The molecule has 1 unspecified atom stereocenters. The van der Waals surface area contributed by atoms with Gasteiger partial charge < -0.3 is 21.5 Å². The number of nitrogens with one attached hydrogen (secondary N) is 2. The number of carbonyl (C=O) groups is 2. The number of carboxylic acids is 1.